The Morgan fingerprint density at radius 1 is 1.32 bits per heavy atom. The summed E-state index contributed by atoms with van der Waals surface area (Å²) in [4.78, 5) is 29.9. The van der Waals surface area contributed by atoms with Crippen molar-refractivity contribution >= 4 is 11.8 Å². The van der Waals surface area contributed by atoms with E-state index in [9.17, 15) is 9.59 Å². The molecule has 7 nitrogen and oxygen atoms in total. The standard InChI is InChI=1S/C18H25N3O4/c1-24-15-3-2-8-20-13(15)11-17(22)21-9-6-12(7-10-21)14-4-5-16(25-14)18(19)23/h2-3,8,12,14,16H,4-7,9-11H2,1H3,(H2,19,23)/t14-,16+/m0/s1. The van der Waals surface area contributed by atoms with Gasteiger partial charge in [0, 0.05) is 19.3 Å². The maximum atomic E-state index is 12.5. The van der Waals surface area contributed by atoms with E-state index < -0.39 is 6.10 Å². The molecule has 2 fully saturated rings. The van der Waals surface area contributed by atoms with Gasteiger partial charge in [0.15, 0.2) is 0 Å². The van der Waals surface area contributed by atoms with Crippen molar-refractivity contribution in [3.05, 3.63) is 24.0 Å². The van der Waals surface area contributed by atoms with E-state index in [-0.39, 0.29) is 24.3 Å². The Balaban J connectivity index is 1.50. The fraction of sp³-hybridized carbons (Fsp3) is 0.611. The molecule has 2 amide bonds. The molecule has 2 N–H and O–H groups in total. The molecule has 2 aliphatic rings. The molecule has 25 heavy (non-hydrogen) atoms. The van der Waals surface area contributed by atoms with Gasteiger partial charge >= 0.3 is 0 Å². The van der Waals surface area contributed by atoms with Gasteiger partial charge in [0.25, 0.3) is 0 Å². The molecule has 0 radical (unpaired) electrons. The summed E-state index contributed by atoms with van der Waals surface area (Å²) in [6.45, 7) is 1.42. The smallest absolute Gasteiger partial charge is 0.246 e. The SMILES string of the molecule is COc1cccnc1CC(=O)N1CCC([C@@H]2CC[C@H](C(N)=O)O2)CC1. The summed E-state index contributed by atoms with van der Waals surface area (Å²) in [7, 11) is 1.58. The Labute approximate surface area is 147 Å². The molecular formula is C18H25N3O4. The first kappa shape index (κ1) is 17.7. The van der Waals surface area contributed by atoms with Crippen LogP contribution in [0.3, 0.4) is 0 Å². The van der Waals surface area contributed by atoms with Crippen molar-refractivity contribution in [1.82, 2.24) is 9.88 Å². The van der Waals surface area contributed by atoms with E-state index in [1.165, 1.54) is 0 Å². The highest BCUT2D eigenvalue weighted by atomic mass is 16.5. The summed E-state index contributed by atoms with van der Waals surface area (Å²) >= 11 is 0. The number of carbonyl (C=O) groups is 2. The lowest BCUT2D eigenvalue weighted by Crippen LogP contribution is -2.42. The Bertz CT molecular complexity index is 629. The van der Waals surface area contributed by atoms with Crippen molar-refractivity contribution in [2.75, 3.05) is 20.2 Å². The average Bonchev–Trinajstić information content (AvgIpc) is 3.13. The van der Waals surface area contributed by atoms with Crippen molar-refractivity contribution in [1.29, 1.82) is 0 Å². The third kappa shape index (κ3) is 4.10. The molecule has 0 saturated carbocycles. The van der Waals surface area contributed by atoms with Crippen molar-refractivity contribution in [2.24, 2.45) is 11.7 Å². The first-order valence-electron chi connectivity index (χ1n) is 8.79. The van der Waals surface area contributed by atoms with E-state index in [1.54, 1.807) is 19.4 Å². The van der Waals surface area contributed by atoms with Crippen LogP contribution in [0.5, 0.6) is 5.75 Å². The summed E-state index contributed by atoms with van der Waals surface area (Å²) in [5.41, 5.74) is 5.98. The molecule has 0 aliphatic carbocycles. The first-order chi connectivity index (χ1) is 12.1. The zero-order valence-electron chi connectivity index (χ0n) is 14.5. The number of nitrogens with two attached hydrogens (primary N) is 1. The lowest BCUT2D eigenvalue weighted by atomic mass is 9.89. The Hall–Kier alpha value is -2.15. The van der Waals surface area contributed by atoms with Crippen LogP contribution in [0, 0.1) is 5.92 Å². The highest BCUT2D eigenvalue weighted by Gasteiger charge is 2.36. The van der Waals surface area contributed by atoms with E-state index in [4.69, 9.17) is 15.2 Å². The summed E-state index contributed by atoms with van der Waals surface area (Å²) < 4.78 is 11.0. The highest BCUT2D eigenvalue weighted by molar-refractivity contribution is 5.79. The van der Waals surface area contributed by atoms with Crippen molar-refractivity contribution in [3.8, 4) is 5.75 Å². The van der Waals surface area contributed by atoms with Crippen LogP contribution in [0.4, 0.5) is 0 Å². The molecular weight excluding hydrogens is 322 g/mol. The molecule has 0 bridgehead atoms. The van der Waals surface area contributed by atoms with Crippen molar-refractivity contribution in [3.63, 3.8) is 0 Å². The van der Waals surface area contributed by atoms with E-state index in [1.807, 2.05) is 11.0 Å². The molecule has 1 aromatic heterocycles. The fourth-order valence-corrected chi connectivity index (χ4v) is 3.74. The predicted octanol–water partition coefficient (Wildman–Crippen LogP) is 0.904. The number of primary amides is 1. The lowest BCUT2D eigenvalue weighted by Gasteiger charge is -2.34. The monoisotopic (exact) mass is 347 g/mol. The third-order valence-corrected chi connectivity index (χ3v) is 5.17. The molecule has 0 aromatic carbocycles. The minimum atomic E-state index is -0.443. The highest BCUT2D eigenvalue weighted by Crippen LogP contribution is 2.32. The number of hydrogen-bond acceptors (Lipinski definition) is 5. The first-order valence-corrected chi connectivity index (χ1v) is 8.79. The number of nitrogens with zero attached hydrogens (tertiary/aromatic N) is 2. The maximum absolute atomic E-state index is 12.5. The normalized spacial score (nSPS) is 24.3. The van der Waals surface area contributed by atoms with E-state index in [0.29, 0.717) is 36.9 Å². The lowest BCUT2D eigenvalue weighted by molar-refractivity contribution is -0.133. The van der Waals surface area contributed by atoms with Crippen LogP contribution < -0.4 is 10.5 Å². The third-order valence-electron chi connectivity index (χ3n) is 5.17. The summed E-state index contributed by atoms with van der Waals surface area (Å²) in [5.74, 6) is 0.720. The molecule has 7 heteroatoms. The summed E-state index contributed by atoms with van der Waals surface area (Å²) in [6, 6.07) is 3.60. The van der Waals surface area contributed by atoms with Gasteiger partial charge in [-0.25, -0.2) is 0 Å². The second-order valence-electron chi connectivity index (χ2n) is 6.69. The van der Waals surface area contributed by atoms with Crippen LogP contribution in [0.1, 0.15) is 31.4 Å². The molecule has 136 valence electrons. The van der Waals surface area contributed by atoms with Gasteiger partial charge in [-0.2, -0.15) is 0 Å². The van der Waals surface area contributed by atoms with Gasteiger partial charge in [0.1, 0.15) is 11.9 Å². The van der Waals surface area contributed by atoms with Gasteiger partial charge in [-0.1, -0.05) is 0 Å². The molecule has 2 saturated heterocycles. The number of piperidine rings is 1. The zero-order chi connectivity index (χ0) is 17.8. The van der Waals surface area contributed by atoms with E-state index >= 15 is 0 Å². The largest absolute Gasteiger partial charge is 0.495 e. The number of rotatable bonds is 5. The molecule has 0 unspecified atom stereocenters. The number of aromatic nitrogens is 1. The minimum absolute atomic E-state index is 0.0674. The zero-order valence-corrected chi connectivity index (χ0v) is 14.5. The Morgan fingerprint density at radius 2 is 2.08 bits per heavy atom. The number of likely N-dealkylation sites (tertiary alicyclic amines) is 1. The molecule has 3 heterocycles. The number of methoxy groups -OCH3 is 1. The fourth-order valence-electron chi connectivity index (χ4n) is 3.74. The average molecular weight is 347 g/mol. The van der Waals surface area contributed by atoms with Crippen LogP contribution >= 0.6 is 0 Å². The molecule has 2 aliphatic heterocycles. The van der Waals surface area contributed by atoms with Gasteiger partial charge in [0.2, 0.25) is 11.8 Å². The van der Waals surface area contributed by atoms with Crippen LogP contribution in [0.25, 0.3) is 0 Å². The van der Waals surface area contributed by atoms with Crippen molar-refractivity contribution in [2.45, 2.75) is 44.3 Å². The summed E-state index contributed by atoms with van der Waals surface area (Å²) in [5, 5.41) is 0. The molecule has 0 spiro atoms. The van der Waals surface area contributed by atoms with Gasteiger partial charge in [-0.15, -0.1) is 0 Å². The Kier molecular flexibility index (Phi) is 5.53. The predicted molar refractivity (Wildman–Crippen MR) is 90.9 cm³/mol. The molecule has 2 atom stereocenters. The van der Waals surface area contributed by atoms with Gasteiger partial charge < -0.3 is 20.1 Å². The maximum Gasteiger partial charge on any atom is 0.246 e. The Morgan fingerprint density at radius 3 is 2.72 bits per heavy atom. The topological polar surface area (TPSA) is 94.8 Å². The molecule has 3 rings (SSSR count). The van der Waals surface area contributed by atoms with Crippen LogP contribution in [0.15, 0.2) is 18.3 Å². The van der Waals surface area contributed by atoms with Crippen LogP contribution in [-0.2, 0) is 20.7 Å². The van der Waals surface area contributed by atoms with Crippen molar-refractivity contribution < 1.29 is 19.1 Å². The second-order valence-corrected chi connectivity index (χ2v) is 6.69. The number of pyridine rings is 1. The van der Waals surface area contributed by atoms with E-state index in [2.05, 4.69) is 4.98 Å². The van der Waals surface area contributed by atoms with Gasteiger partial charge in [0.05, 0.1) is 25.3 Å². The van der Waals surface area contributed by atoms with E-state index in [0.717, 1.165) is 19.3 Å². The second kappa shape index (κ2) is 7.82. The van der Waals surface area contributed by atoms with Crippen LogP contribution in [-0.4, -0.2) is 54.1 Å². The number of amides is 2. The number of carbonyl (C=O) groups excluding carboxylic acids is 2. The van der Waals surface area contributed by atoms with Crippen LogP contribution in [0.2, 0.25) is 0 Å². The number of ether oxygens (including phenoxy) is 2. The summed E-state index contributed by atoms with van der Waals surface area (Å²) in [6.07, 6.45) is 4.92. The molecule has 1 aromatic rings. The quantitative estimate of drug-likeness (QED) is 0.854. The number of hydrogen-bond donors (Lipinski definition) is 1. The van der Waals surface area contributed by atoms with Gasteiger partial charge in [-0.3, -0.25) is 14.6 Å². The van der Waals surface area contributed by atoms with Gasteiger partial charge in [-0.05, 0) is 43.7 Å². The minimum Gasteiger partial charge on any atom is -0.495 e.